The predicted molar refractivity (Wildman–Crippen MR) is 338 cm³/mol. The quantitative estimate of drug-likeness (QED) is 0.145. The summed E-state index contributed by atoms with van der Waals surface area (Å²) in [6, 6.07) is -12.0. The summed E-state index contributed by atoms with van der Waals surface area (Å²) in [5.41, 5.74) is 0. The molecule has 87 heavy (non-hydrogen) atoms. The SMILES string of the molecule is C=C(C)O[C@@H](C1C(=O)N[C@@H](CC)C(=O)N(C)CC(=O)N(C)[C@@H](CC(C)C)C(=O)N[C@@H](C(C)C)C(=O)N(C)[C@@H](CC(C)C)C(=O)N[C@@H](C)C(=O)N[C@H](C)C(=O)N(C)[C@@H](CC(C)C)C(=O)N(C)[C@@H](CCC(C)C)C(=O)N(C)[C@@H](C(C)C)C(=O)N1C)[C@H](C)CC. The van der Waals surface area contributed by atoms with E-state index in [9.17, 15) is 33.6 Å². The molecule has 4 N–H and O–H groups in total. The van der Waals surface area contributed by atoms with Crippen molar-refractivity contribution < 1.29 is 57.5 Å². The van der Waals surface area contributed by atoms with Gasteiger partial charge < -0.3 is 60.3 Å². The van der Waals surface area contributed by atoms with Gasteiger partial charge in [0.05, 0.1) is 12.3 Å². The third-order valence-corrected chi connectivity index (χ3v) is 16.6. The molecule has 1 saturated heterocycles. The van der Waals surface area contributed by atoms with Crippen LogP contribution >= 0.6 is 0 Å². The molecule has 11 amide bonds. The van der Waals surface area contributed by atoms with Crippen molar-refractivity contribution in [3.63, 3.8) is 0 Å². The molecule has 1 aliphatic heterocycles. The van der Waals surface area contributed by atoms with Crippen molar-refractivity contribution in [2.45, 2.75) is 236 Å². The Balaban J connectivity index is 4.40. The highest BCUT2D eigenvalue weighted by atomic mass is 16.5. The number of nitrogens with one attached hydrogen (secondary N) is 4. The second-order valence-corrected chi connectivity index (χ2v) is 26.8. The zero-order valence-corrected chi connectivity index (χ0v) is 57.8. The zero-order valence-electron chi connectivity index (χ0n) is 57.8. The second-order valence-electron chi connectivity index (χ2n) is 26.8. The van der Waals surface area contributed by atoms with E-state index in [0.29, 0.717) is 12.8 Å². The summed E-state index contributed by atoms with van der Waals surface area (Å²) in [7, 11) is 10.1. The van der Waals surface area contributed by atoms with E-state index in [1.165, 1.54) is 92.6 Å². The van der Waals surface area contributed by atoms with Crippen LogP contribution in [0.15, 0.2) is 12.3 Å². The summed E-state index contributed by atoms with van der Waals surface area (Å²) in [6.45, 7) is 35.6. The van der Waals surface area contributed by atoms with E-state index >= 15 is 19.2 Å². The Labute approximate surface area is 521 Å². The van der Waals surface area contributed by atoms with Crippen molar-refractivity contribution in [2.75, 3.05) is 55.9 Å². The van der Waals surface area contributed by atoms with Crippen molar-refractivity contribution in [3.05, 3.63) is 12.3 Å². The maximum atomic E-state index is 15.4. The average molecular weight is 1230 g/mol. The molecule has 0 spiro atoms. The summed E-state index contributed by atoms with van der Waals surface area (Å²) in [6.07, 6.45) is 0.715. The molecule has 0 radical (unpaired) electrons. The lowest BCUT2D eigenvalue weighted by Crippen LogP contribution is -2.63. The van der Waals surface area contributed by atoms with E-state index in [1.54, 1.807) is 41.5 Å². The first-order valence-corrected chi connectivity index (χ1v) is 31.5. The summed E-state index contributed by atoms with van der Waals surface area (Å²) in [4.78, 5) is 170. The first-order chi connectivity index (χ1) is 40.1. The molecule has 1 heterocycles. The molecule has 23 heteroatoms. The van der Waals surface area contributed by atoms with E-state index in [2.05, 4.69) is 27.8 Å². The van der Waals surface area contributed by atoms with Gasteiger partial charge in [-0.15, -0.1) is 0 Å². The van der Waals surface area contributed by atoms with Gasteiger partial charge in [-0.2, -0.15) is 0 Å². The van der Waals surface area contributed by atoms with Crippen LogP contribution in [0.5, 0.6) is 0 Å². The van der Waals surface area contributed by atoms with E-state index in [1.807, 2.05) is 69.2 Å². The van der Waals surface area contributed by atoms with Crippen LogP contribution in [0.2, 0.25) is 0 Å². The smallest absolute Gasteiger partial charge is 0.247 e. The first-order valence-electron chi connectivity index (χ1n) is 31.5. The van der Waals surface area contributed by atoms with E-state index in [4.69, 9.17) is 4.74 Å². The topological polar surface area (TPSA) is 268 Å². The highest BCUT2D eigenvalue weighted by molar-refractivity contribution is 5.99. The minimum atomic E-state index is -1.41. The highest BCUT2D eigenvalue weighted by Crippen LogP contribution is 2.27. The molecule has 498 valence electrons. The van der Waals surface area contributed by atoms with Gasteiger partial charge in [-0.1, -0.05) is 110 Å². The predicted octanol–water partition coefficient (Wildman–Crippen LogP) is 4.66. The molecule has 0 aromatic carbocycles. The fraction of sp³-hybridized carbons (Fsp3) is 0.797. The van der Waals surface area contributed by atoms with Crippen molar-refractivity contribution in [1.82, 2.24) is 55.6 Å². The monoisotopic (exact) mass is 1230 g/mol. The third-order valence-electron chi connectivity index (χ3n) is 16.6. The van der Waals surface area contributed by atoms with Gasteiger partial charge in [0, 0.05) is 49.3 Å². The minimum absolute atomic E-state index is 0.0562. The second kappa shape index (κ2) is 35.6. The number of allylic oxidation sites excluding steroid dienone is 1. The summed E-state index contributed by atoms with van der Waals surface area (Å²) in [5.74, 6) is -8.56. The summed E-state index contributed by atoms with van der Waals surface area (Å²) in [5, 5.41) is 11.1. The van der Waals surface area contributed by atoms with Crippen LogP contribution in [-0.2, 0) is 57.5 Å². The van der Waals surface area contributed by atoms with Gasteiger partial charge >= 0.3 is 0 Å². The van der Waals surface area contributed by atoms with Gasteiger partial charge in [-0.3, -0.25) is 52.7 Å². The van der Waals surface area contributed by atoms with Crippen molar-refractivity contribution >= 4 is 65.0 Å². The Morgan fingerprint density at radius 1 is 0.483 bits per heavy atom. The summed E-state index contributed by atoms with van der Waals surface area (Å²) < 4.78 is 6.31. The van der Waals surface area contributed by atoms with Crippen molar-refractivity contribution in [1.29, 1.82) is 0 Å². The third kappa shape index (κ3) is 22.4. The van der Waals surface area contributed by atoms with Crippen LogP contribution in [0.4, 0.5) is 0 Å². The van der Waals surface area contributed by atoms with Crippen molar-refractivity contribution in [3.8, 4) is 0 Å². The molecule has 0 aromatic heterocycles. The van der Waals surface area contributed by atoms with Gasteiger partial charge in [0.15, 0.2) is 0 Å². The molecule has 12 atom stereocenters. The molecule has 1 aliphatic rings. The lowest BCUT2D eigenvalue weighted by Gasteiger charge is -2.42. The molecule has 0 aliphatic carbocycles. The number of amides is 11. The average Bonchev–Trinajstić information content (AvgIpc) is 1.39. The van der Waals surface area contributed by atoms with Crippen LogP contribution in [-0.4, -0.2) is 222 Å². The molecule has 23 nitrogen and oxygen atoms in total. The number of carbonyl (C=O) groups is 11. The van der Waals surface area contributed by atoms with Gasteiger partial charge in [0.1, 0.15) is 66.5 Å². The maximum absolute atomic E-state index is 15.4. The van der Waals surface area contributed by atoms with Crippen LogP contribution in [0.1, 0.15) is 170 Å². The lowest BCUT2D eigenvalue weighted by molar-refractivity contribution is -0.157. The maximum Gasteiger partial charge on any atom is 0.247 e. The van der Waals surface area contributed by atoms with E-state index in [0.717, 1.165) is 4.90 Å². The zero-order chi connectivity index (χ0) is 67.6. The van der Waals surface area contributed by atoms with E-state index in [-0.39, 0.29) is 67.5 Å². The number of ether oxygens (including phenoxy) is 1. The van der Waals surface area contributed by atoms with Crippen LogP contribution in [0.25, 0.3) is 0 Å². The van der Waals surface area contributed by atoms with Gasteiger partial charge in [-0.25, -0.2) is 0 Å². The Bertz CT molecular complexity index is 2380. The number of rotatable bonds is 17. The summed E-state index contributed by atoms with van der Waals surface area (Å²) >= 11 is 0. The fourth-order valence-corrected chi connectivity index (χ4v) is 10.9. The molecule has 1 fully saturated rings. The fourth-order valence-electron chi connectivity index (χ4n) is 10.9. The highest BCUT2D eigenvalue weighted by Gasteiger charge is 2.46. The largest absolute Gasteiger partial charge is 0.493 e. The Hall–Kier alpha value is -6.29. The number of nitrogens with zero attached hydrogens (tertiary/aromatic N) is 7. The van der Waals surface area contributed by atoms with Crippen LogP contribution < -0.4 is 21.3 Å². The van der Waals surface area contributed by atoms with Gasteiger partial charge in [0.25, 0.3) is 0 Å². The molecule has 1 rings (SSSR count). The number of carbonyl (C=O) groups excluding carboxylic acids is 11. The molecular formula is C64H115N11O12. The number of hydrogen-bond donors (Lipinski definition) is 4. The van der Waals surface area contributed by atoms with Crippen LogP contribution in [0.3, 0.4) is 0 Å². The molecule has 0 bridgehead atoms. The normalized spacial score (nSPS) is 26.4. The molecule has 1 unspecified atom stereocenters. The standard InChI is InChI=1S/C64H115N11O12/c1-27-42(17)54(87-41(15)16)53-58(80)67-45(28-2)60(82)69(20)34-50(76)70(21)47(31-36(5)6)57(79)68-51(39(11)12)63(85)72(23)48(32-37(7)8)56(78)65-43(18)55(77)66-44(19)59(81)73(24)49(33-38(9)10)62(84)71(22)46(30-29-35(3)4)61(83)74(25)52(40(13)14)64(86)75(53)26/h35-40,42-49,51-54H,15,27-34H2,1-14,16-26H3,(H,65,78)(H,66,77)(H,67,80)(H,68,79)/t42-,43+,44-,45+,46+,47+,48+,49+,51+,52+,53?,54-/m1/s1. The van der Waals surface area contributed by atoms with E-state index < -0.39 is 150 Å². The van der Waals surface area contributed by atoms with Crippen LogP contribution in [0, 0.1) is 41.4 Å². The first kappa shape index (κ1) is 78.7. The number of likely N-dealkylation sites (N-methyl/N-ethyl adjacent to an activating group) is 7. The van der Waals surface area contributed by atoms with Gasteiger partial charge in [-0.05, 0) is 107 Å². The Kier molecular flexibility index (Phi) is 32.2. The lowest BCUT2D eigenvalue weighted by atomic mass is 9.91. The van der Waals surface area contributed by atoms with Gasteiger partial charge in [0.2, 0.25) is 65.0 Å². The number of hydrogen-bond acceptors (Lipinski definition) is 12. The molecular weight excluding hydrogens is 1110 g/mol. The molecule has 0 saturated carbocycles. The Morgan fingerprint density at radius 2 is 0.931 bits per heavy atom. The molecule has 0 aromatic rings. The Morgan fingerprint density at radius 3 is 1.39 bits per heavy atom. The minimum Gasteiger partial charge on any atom is -0.493 e. The van der Waals surface area contributed by atoms with Crippen molar-refractivity contribution in [2.24, 2.45) is 41.4 Å².